The summed E-state index contributed by atoms with van der Waals surface area (Å²) in [6.45, 7) is 2.55. The Bertz CT molecular complexity index is 518. The SMILES string of the molecule is CCCN1C(=O)CCC(N)C1c1ccccc1[N+](=O)[O-]. The van der Waals surface area contributed by atoms with Gasteiger partial charge in [-0.15, -0.1) is 0 Å². The second-order valence-corrected chi connectivity index (χ2v) is 5.05. The average molecular weight is 277 g/mol. The van der Waals surface area contributed by atoms with Gasteiger partial charge in [0.15, 0.2) is 0 Å². The number of nitrogens with zero attached hydrogens (tertiary/aromatic N) is 2. The Morgan fingerprint density at radius 2 is 2.15 bits per heavy atom. The van der Waals surface area contributed by atoms with Gasteiger partial charge in [0.25, 0.3) is 5.69 Å². The zero-order chi connectivity index (χ0) is 14.7. The maximum Gasteiger partial charge on any atom is 0.274 e. The van der Waals surface area contributed by atoms with Crippen LogP contribution in [0.5, 0.6) is 0 Å². The number of piperidine rings is 1. The lowest BCUT2D eigenvalue weighted by molar-refractivity contribution is -0.386. The Balaban J connectivity index is 2.45. The molecule has 20 heavy (non-hydrogen) atoms. The third kappa shape index (κ3) is 2.65. The van der Waals surface area contributed by atoms with Crippen LogP contribution < -0.4 is 5.73 Å². The highest BCUT2D eigenvalue weighted by Gasteiger charge is 2.37. The third-order valence-electron chi connectivity index (χ3n) is 3.67. The zero-order valence-corrected chi connectivity index (χ0v) is 11.5. The molecule has 1 aromatic rings. The molecule has 2 rings (SSSR count). The Morgan fingerprint density at radius 1 is 1.45 bits per heavy atom. The van der Waals surface area contributed by atoms with Crippen LogP contribution in [-0.4, -0.2) is 28.3 Å². The summed E-state index contributed by atoms with van der Waals surface area (Å²) in [5.41, 5.74) is 6.71. The van der Waals surface area contributed by atoms with E-state index < -0.39 is 11.0 Å². The van der Waals surface area contributed by atoms with Crippen LogP contribution in [-0.2, 0) is 4.79 Å². The highest BCUT2D eigenvalue weighted by Crippen LogP contribution is 2.35. The normalized spacial score (nSPS) is 22.9. The molecule has 6 heteroatoms. The van der Waals surface area contributed by atoms with Crippen LogP contribution in [0.3, 0.4) is 0 Å². The van der Waals surface area contributed by atoms with Crippen molar-refractivity contribution < 1.29 is 9.72 Å². The lowest BCUT2D eigenvalue weighted by atomic mass is 9.89. The number of nitro benzene ring substituents is 1. The topological polar surface area (TPSA) is 89.5 Å². The molecule has 1 amide bonds. The van der Waals surface area contributed by atoms with Gasteiger partial charge >= 0.3 is 0 Å². The molecular weight excluding hydrogens is 258 g/mol. The molecule has 0 spiro atoms. The summed E-state index contributed by atoms with van der Waals surface area (Å²) in [6, 6.07) is 5.87. The van der Waals surface area contributed by atoms with Crippen LogP contribution in [0.2, 0.25) is 0 Å². The first-order valence-electron chi connectivity index (χ1n) is 6.84. The van der Waals surface area contributed by atoms with E-state index in [1.807, 2.05) is 6.92 Å². The molecule has 1 saturated heterocycles. The fourth-order valence-corrected chi connectivity index (χ4v) is 2.78. The Kier molecular flexibility index (Phi) is 4.34. The van der Waals surface area contributed by atoms with E-state index in [0.717, 1.165) is 6.42 Å². The minimum atomic E-state index is -0.411. The molecule has 2 N–H and O–H groups in total. The standard InChI is InChI=1S/C14H19N3O3/c1-2-9-16-13(18)8-7-11(15)14(16)10-5-3-4-6-12(10)17(19)20/h3-6,11,14H,2,7-9,15H2,1H3. The number of benzene rings is 1. The van der Waals surface area contributed by atoms with Crippen molar-refractivity contribution in [1.29, 1.82) is 0 Å². The van der Waals surface area contributed by atoms with Gasteiger partial charge in [0.2, 0.25) is 5.91 Å². The third-order valence-corrected chi connectivity index (χ3v) is 3.67. The van der Waals surface area contributed by atoms with Gasteiger partial charge in [-0.3, -0.25) is 14.9 Å². The molecule has 0 aromatic heterocycles. The minimum absolute atomic E-state index is 0.0247. The molecule has 1 aromatic carbocycles. The van der Waals surface area contributed by atoms with Gasteiger partial charge in [0.05, 0.1) is 16.5 Å². The fourth-order valence-electron chi connectivity index (χ4n) is 2.78. The summed E-state index contributed by atoms with van der Waals surface area (Å²) < 4.78 is 0. The molecule has 1 fully saturated rings. The molecule has 0 radical (unpaired) electrons. The van der Waals surface area contributed by atoms with Gasteiger partial charge in [0.1, 0.15) is 0 Å². The molecule has 2 atom stereocenters. The Morgan fingerprint density at radius 3 is 2.80 bits per heavy atom. The van der Waals surface area contributed by atoms with Gasteiger partial charge in [-0.05, 0) is 12.8 Å². The van der Waals surface area contributed by atoms with Crippen LogP contribution in [0.1, 0.15) is 37.8 Å². The summed E-state index contributed by atoms with van der Waals surface area (Å²) in [5.74, 6) is 0.0247. The summed E-state index contributed by atoms with van der Waals surface area (Å²) in [5, 5.41) is 11.2. The molecule has 1 aliphatic heterocycles. The molecule has 6 nitrogen and oxygen atoms in total. The molecule has 0 aliphatic carbocycles. The smallest absolute Gasteiger partial charge is 0.274 e. The van der Waals surface area contributed by atoms with Crippen molar-refractivity contribution in [1.82, 2.24) is 4.90 Å². The Labute approximate surface area is 117 Å². The number of carbonyl (C=O) groups excluding carboxylic acids is 1. The van der Waals surface area contributed by atoms with Crippen molar-refractivity contribution in [2.75, 3.05) is 6.54 Å². The maximum atomic E-state index is 12.1. The van der Waals surface area contributed by atoms with Crippen LogP contribution in [0.25, 0.3) is 0 Å². The number of likely N-dealkylation sites (tertiary alicyclic amines) is 1. The number of nitro groups is 1. The quantitative estimate of drug-likeness (QED) is 0.673. The van der Waals surface area contributed by atoms with E-state index in [9.17, 15) is 14.9 Å². The Hall–Kier alpha value is -1.95. The van der Waals surface area contributed by atoms with Crippen molar-refractivity contribution >= 4 is 11.6 Å². The van der Waals surface area contributed by atoms with Gasteiger partial charge in [-0.1, -0.05) is 25.1 Å². The molecule has 0 saturated carbocycles. The highest BCUT2D eigenvalue weighted by molar-refractivity contribution is 5.78. The lowest BCUT2D eigenvalue weighted by Crippen LogP contribution is -2.49. The van der Waals surface area contributed by atoms with Crippen LogP contribution >= 0.6 is 0 Å². The van der Waals surface area contributed by atoms with E-state index in [-0.39, 0.29) is 17.6 Å². The van der Waals surface area contributed by atoms with Gasteiger partial charge in [0, 0.05) is 25.1 Å². The van der Waals surface area contributed by atoms with E-state index in [0.29, 0.717) is 24.9 Å². The molecule has 2 unspecified atom stereocenters. The molecule has 0 bridgehead atoms. The summed E-state index contributed by atoms with van der Waals surface area (Å²) in [4.78, 5) is 24.6. The number of carbonyl (C=O) groups is 1. The lowest BCUT2D eigenvalue weighted by Gasteiger charge is -2.39. The second kappa shape index (κ2) is 6.00. The van der Waals surface area contributed by atoms with E-state index in [2.05, 4.69) is 0 Å². The second-order valence-electron chi connectivity index (χ2n) is 5.05. The molecular formula is C14H19N3O3. The zero-order valence-electron chi connectivity index (χ0n) is 11.5. The summed E-state index contributed by atoms with van der Waals surface area (Å²) in [7, 11) is 0. The van der Waals surface area contributed by atoms with Crippen molar-refractivity contribution in [3.8, 4) is 0 Å². The first kappa shape index (κ1) is 14.5. The monoisotopic (exact) mass is 277 g/mol. The van der Waals surface area contributed by atoms with E-state index in [1.54, 1.807) is 23.1 Å². The number of amides is 1. The molecule has 1 heterocycles. The van der Waals surface area contributed by atoms with Crippen LogP contribution in [0, 0.1) is 10.1 Å². The highest BCUT2D eigenvalue weighted by atomic mass is 16.6. The van der Waals surface area contributed by atoms with Crippen molar-refractivity contribution in [3.05, 3.63) is 39.9 Å². The number of hydrogen-bond donors (Lipinski definition) is 1. The fraction of sp³-hybridized carbons (Fsp3) is 0.500. The number of rotatable bonds is 4. The first-order valence-corrected chi connectivity index (χ1v) is 6.84. The molecule has 108 valence electrons. The first-order chi connectivity index (χ1) is 9.56. The predicted molar refractivity (Wildman–Crippen MR) is 75.1 cm³/mol. The van der Waals surface area contributed by atoms with E-state index >= 15 is 0 Å². The average Bonchev–Trinajstić information content (AvgIpc) is 2.43. The largest absolute Gasteiger partial charge is 0.334 e. The molecule has 1 aliphatic rings. The van der Waals surface area contributed by atoms with Gasteiger partial charge < -0.3 is 10.6 Å². The summed E-state index contributed by atoms with van der Waals surface area (Å²) >= 11 is 0. The minimum Gasteiger partial charge on any atom is -0.334 e. The summed E-state index contributed by atoms with van der Waals surface area (Å²) in [6.07, 6.45) is 1.78. The van der Waals surface area contributed by atoms with Crippen molar-refractivity contribution in [2.24, 2.45) is 5.73 Å². The van der Waals surface area contributed by atoms with Gasteiger partial charge in [-0.2, -0.15) is 0 Å². The number of nitrogens with two attached hydrogens (primary N) is 1. The van der Waals surface area contributed by atoms with E-state index in [1.165, 1.54) is 6.07 Å². The van der Waals surface area contributed by atoms with Crippen LogP contribution in [0.15, 0.2) is 24.3 Å². The van der Waals surface area contributed by atoms with Crippen LogP contribution in [0.4, 0.5) is 5.69 Å². The number of hydrogen-bond acceptors (Lipinski definition) is 4. The van der Waals surface area contributed by atoms with Crippen molar-refractivity contribution in [2.45, 2.75) is 38.3 Å². The van der Waals surface area contributed by atoms with Gasteiger partial charge in [-0.25, -0.2) is 0 Å². The predicted octanol–water partition coefficient (Wildman–Crippen LogP) is 2.00. The maximum absolute atomic E-state index is 12.1. The van der Waals surface area contributed by atoms with Crippen molar-refractivity contribution in [3.63, 3.8) is 0 Å². The number of para-hydroxylation sites is 1. The van der Waals surface area contributed by atoms with E-state index in [4.69, 9.17) is 5.73 Å².